The molecule has 1 aliphatic heterocycles. The van der Waals surface area contributed by atoms with Gasteiger partial charge in [-0.15, -0.1) is 0 Å². The molecule has 0 atom stereocenters. The van der Waals surface area contributed by atoms with Crippen LogP contribution in [0.2, 0.25) is 10.0 Å². The zero-order chi connectivity index (χ0) is 16.4. The van der Waals surface area contributed by atoms with Crippen molar-refractivity contribution in [2.24, 2.45) is 0 Å². The largest absolute Gasteiger partial charge is 0.493 e. The molecule has 1 heterocycles. The summed E-state index contributed by atoms with van der Waals surface area (Å²) in [5, 5.41) is 1.01. The van der Waals surface area contributed by atoms with Gasteiger partial charge in [0.25, 0.3) is 0 Å². The van der Waals surface area contributed by atoms with Crippen molar-refractivity contribution >= 4 is 29.1 Å². The smallest absolute Gasteiger partial charge is 0.227 e. The molecule has 0 aliphatic carbocycles. The highest BCUT2D eigenvalue weighted by Gasteiger charge is 2.16. The molecule has 3 nitrogen and oxygen atoms in total. The molecule has 0 spiro atoms. The molecule has 1 aliphatic rings. The van der Waals surface area contributed by atoms with Gasteiger partial charge >= 0.3 is 0 Å². The lowest BCUT2D eigenvalue weighted by Gasteiger charge is -2.18. The molecular formula is C18H17Cl2NO2. The average Bonchev–Trinajstić information content (AvgIpc) is 2.99. The van der Waals surface area contributed by atoms with Gasteiger partial charge in [0.2, 0.25) is 5.91 Å². The number of hydrogen-bond acceptors (Lipinski definition) is 2. The third-order valence-corrected chi connectivity index (χ3v) is 4.83. The summed E-state index contributed by atoms with van der Waals surface area (Å²) in [6, 6.07) is 11.4. The molecule has 3 rings (SSSR count). The molecule has 0 aromatic heterocycles. The van der Waals surface area contributed by atoms with Crippen molar-refractivity contribution in [1.29, 1.82) is 0 Å². The minimum Gasteiger partial charge on any atom is -0.493 e. The second kappa shape index (κ2) is 6.81. The maximum atomic E-state index is 12.4. The second-order valence-electron chi connectivity index (χ2n) is 5.68. The first-order chi connectivity index (χ1) is 11.0. The van der Waals surface area contributed by atoms with Crippen LogP contribution >= 0.6 is 23.2 Å². The zero-order valence-electron chi connectivity index (χ0n) is 12.8. The quantitative estimate of drug-likeness (QED) is 0.830. The van der Waals surface area contributed by atoms with E-state index in [9.17, 15) is 4.79 Å². The lowest BCUT2D eigenvalue weighted by atomic mass is 10.1. The normalized spacial score (nSPS) is 12.7. The Balaban J connectivity index is 1.67. The first-order valence-corrected chi connectivity index (χ1v) is 8.21. The molecule has 0 radical (unpaired) electrons. The second-order valence-corrected chi connectivity index (χ2v) is 6.47. The van der Waals surface area contributed by atoms with E-state index in [0.717, 1.165) is 29.9 Å². The van der Waals surface area contributed by atoms with Gasteiger partial charge in [0.05, 0.1) is 23.1 Å². The van der Waals surface area contributed by atoms with Gasteiger partial charge < -0.3 is 9.64 Å². The van der Waals surface area contributed by atoms with Crippen molar-refractivity contribution in [2.45, 2.75) is 19.4 Å². The number of halogens is 2. The average molecular weight is 350 g/mol. The Labute approximate surface area is 145 Å². The molecule has 5 heteroatoms. The lowest BCUT2D eigenvalue weighted by Crippen LogP contribution is -2.27. The lowest BCUT2D eigenvalue weighted by molar-refractivity contribution is -0.129. The first kappa shape index (κ1) is 16.2. The van der Waals surface area contributed by atoms with Crippen molar-refractivity contribution in [2.75, 3.05) is 13.7 Å². The van der Waals surface area contributed by atoms with E-state index in [4.69, 9.17) is 27.9 Å². The van der Waals surface area contributed by atoms with Gasteiger partial charge in [0.15, 0.2) is 0 Å². The maximum Gasteiger partial charge on any atom is 0.227 e. The summed E-state index contributed by atoms with van der Waals surface area (Å²) in [5.74, 6) is 0.972. The topological polar surface area (TPSA) is 29.5 Å². The first-order valence-electron chi connectivity index (χ1n) is 7.46. The Hall–Kier alpha value is -1.71. The number of ether oxygens (including phenoxy) is 1. The van der Waals surface area contributed by atoms with Gasteiger partial charge in [-0.2, -0.15) is 0 Å². The van der Waals surface area contributed by atoms with Crippen LogP contribution < -0.4 is 4.74 Å². The number of amides is 1. The minimum atomic E-state index is 0.0416. The van der Waals surface area contributed by atoms with E-state index in [1.807, 2.05) is 24.3 Å². The maximum absolute atomic E-state index is 12.4. The van der Waals surface area contributed by atoms with E-state index < -0.39 is 0 Å². The Morgan fingerprint density at radius 3 is 2.91 bits per heavy atom. The van der Waals surface area contributed by atoms with Crippen LogP contribution in [0, 0.1) is 0 Å². The Kier molecular flexibility index (Phi) is 4.79. The molecule has 2 aromatic carbocycles. The molecule has 120 valence electrons. The highest BCUT2D eigenvalue weighted by atomic mass is 35.5. The van der Waals surface area contributed by atoms with Gasteiger partial charge in [0, 0.05) is 20.0 Å². The number of nitrogens with zero attached hydrogens (tertiary/aromatic N) is 1. The van der Waals surface area contributed by atoms with Gasteiger partial charge in [-0.3, -0.25) is 4.79 Å². The summed E-state index contributed by atoms with van der Waals surface area (Å²) >= 11 is 12.2. The highest BCUT2D eigenvalue weighted by Crippen LogP contribution is 2.27. The van der Waals surface area contributed by atoms with E-state index >= 15 is 0 Å². The molecular weight excluding hydrogens is 333 g/mol. The van der Waals surface area contributed by atoms with Crippen molar-refractivity contribution in [1.82, 2.24) is 4.90 Å². The predicted octanol–water partition coefficient (Wildman–Crippen LogP) is 4.13. The Bertz CT molecular complexity index is 746. The van der Waals surface area contributed by atoms with Crippen molar-refractivity contribution in [3.63, 3.8) is 0 Å². The third-order valence-electron chi connectivity index (χ3n) is 3.97. The molecule has 0 bridgehead atoms. The van der Waals surface area contributed by atoms with E-state index in [2.05, 4.69) is 6.07 Å². The summed E-state index contributed by atoms with van der Waals surface area (Å²) in [6.45, 7) is 1.16. The van der Waals surface area contributed by atoms with Crippen LogP contribution in [-0.2, 0) is 24.2 Å². The van der Waals surface area contributed by atoms with Gasteiger partial charge in [-0.25, -0.2) is 0 Å². The van der Waals surface area contributed by atoms with E-state index in [1.54, 1.807) is 18.0 Å². The summed E-state index contributed by atoms with van der Waals surface area (Å²) in [5.41, 5.74) is 3.02. The SMILES string of the molecule is CN(Cc1cccc(Cl)c1Cl)C(=O)Cc1ccc2c(c1)CCO2. The zero-order valence-corrected chi connectivity index (χ0v) is 14.3. The van der Waals surface area contributed by atoms with E-state index in [1.165, 1.54) is 5.56 Å². The van der Waals surface area contributed by atoms with Crippen LogP contribution in [0.1, 0.15) is 16.7 Å². The molecule has 0 fully saturated rings. The number of fused-ring (bicyclic) bond motifs is 1. The highest BCUT2D eigenvalue weighted by molar-refractivity contribution is 6.42. The molecule has 23 heavy (non-hydrogen) atoms. The van der Waals surface area contributed by atoms with Crippen molar-refractivity contribution in [3.05, 3.63) is 63.1 Å². The number of carbonyl (C=O) groups excluding carboxylic acids is 1. The van der Waals surface area contributed by atoms with Crippen LogP contribution in [0.4, 0.5) is 0 Å². The summed E-state index contributed by atoms with van der Waals surface area (Å²) in [6.07, 6.45) is 1.27. The monoisotopic (exact) mass is 349 g/mol. The standard InChI is InChI=1S/C18H17Cl2NO2/c1-21(11-14-3-2-4-15(19)18(14)20)17(22)10-12-5-6-16-13(9-12)7-8-23-16/h2-6,9H,7-8,10-11H2,1H3. The number of benzene rings is 2. The number of likely N-dealkylation sites (N-methyl/N-ethyl adjacent to an activating group) is 1. The molecule has 0 saturated carbocycles. The molecule has 0 unspecified atom stereocenters. The van der Waals surface area contributed by atoms with E-state index in [0.29, 0.717) is 23.0 Å². The summed E-state index contributed by atoms with van der Waals surface area (Å²) in [4.78, 5) is 14.1. The Morgan fingerprint density at radius 2 is 2.09 bits per heavy atom. The van der Waals surface area contributed by atoms with Crippen LogP contribution in [0.15, 0.2) is 36.4 Å². The molecule has 2 aromatic rings. The van der Waals surface area contributed by atoms with E-state index in [-0.39, 0.29) is 5.91 Å². The summed E-state index contributed by atoms with van der Waals surface area (Å²) < 4.78 is 5.49. The van der Waals surface area contributed by atoms with Gasteiger partial charge in [-0.05, 0) is 28.8 Å². The number of carbonyl (C=O) groups is 1. The fourth-order valence-corrected chi connectivity index (χ4v) is 3.05. The van der Waals surface area contributed by atoms with Gasteiger partial charge in [-0.1, -0.05) is 47.5 Å². The van der Waals surface area contributed by atoms with Crippen LogP contribution in [0.5, 0.6) is 5.75 Å². The van der Waals surface area contributed by atoms with Crippen LogP contribution in [0.25, 0.3) is 0 Å². The fraction of sp³-hybridized carbons (Fsp3) is 0.278. The van der Waals surface area contributed by atoms with Crippen molar-refractivity contribution < 1.29 is 9.53 Å². The third kappa shape index (κ3) is 3.62. The predicted molar refractivity (Wildman–Crippen MR) is 92.3 cm³/mol. The molecule has 0 N–H and O–H groups in total. The molecule has 1 amide bonds. The van der Waals surface area contributed by atoms with Gasteiger partial charge in [0.1, 0.15) is 5.75 Å². The van der Waals surface area contributed by atoms with Crippen molar-refractivity contribution in [3.8, 4) is 5.75 Å². The minimum absolute atomic E-state index is 0.0416. The Morgan fingerprint density at radius 1 is 1.26 bits per heavy atom. The molecule has 0 saturated heterocycles. The fourth-order valence-electron chi connectivity index (χ4n) is 2.67. The number of rotatable bonds is 4. The number of hydrogen-bond donors (Lipinski definition) is 0. The summed E-state index contributed by atoms with van der Waals surface area (Å²) in [7, 11) is 1.77. The van der Waals surface area contributed by atoms with Crippen LogP contribution in [0.3, 0.4) is 0 Å². The van der Waals surface area contributed by atoms with Crippen LogP contribution in [-0.4, -0.2) is 24.5 Å².